The standard InChI is InChI=1S/C20H26N4O4/c1-24(5-6-25-2)19-10-13-14-9-17(27-4)18(28-8-7-26-3)11-16(14)22-12-15(13)20(21)23-19/h9-12H,5-8H2,1-4H3,(H2,21,23). The number of anilines is 2. The number of methoxy groups -OCH3 is 3. The molecule has 28 heavy (non-hydrogen) atoms. The van der Waals surface area contributed by atoms with Crippen LogP contribution >= 0.6 is 0 Å². The number of nitrogen functional groups attached to an aromatic ring is 1. The van der Waals surface area contributed by atoms with Gasteiger partial charge in [-0.15, -0.1) is 0 Å². The van der Waals surface area contributed by atoms with E-state index in [1.165, 1.54) is 0 Å². The van der Waals surface area contributed by atoms with Crippen molar-refractivity contribution in [1.29, 1.82) is 0 Å². The Labute approximate surface area is 164 Å². The summed E-state index contributed by atoms with van der Waals surface area (Å²) in [7, 11) is 6.88. The second-order valence-corrected chi connectivity index (χ2v) is 6.36. The molecule has 3 rings (SSSR count). The van der Waals surface area contributed by atoms with Crippen molar-refractivity contribution in [2.24, 2.45) is 0 Å². The van der Waals surface area contributed by atoms with E-state index in [1.54, 1.807) is 27.5 Å². The second kappa shape index (κ2) is 8.90. The highest BCUT2D eigenvalue weighted by Gasteiger charge is 2.14. The second-order valence-electron chi connectivity index (χ2n) is 6.36. The predicted octanol–water partition coefficient (Wildman–Crippen LogP) is 2.48. The van der Waals surface area contributed by atoms with Gasteiger partial charge in [-0.1, -0.05) is 0 Å². The number of ether oxygens (including phenoxy) is 4. The smallest absolute Gasteiger partial charge is 0.163 e. The number of benzene rings is 1. The van der Waals surface area contributed by atoms with Crippen molar-refractivity contribution in [3.05, 3.63) is 24.4 Å². The van der Waals surface area contributed by atoms with Crippen molar-refractivity contribution < 1.29 is 18.9 Å². The van der Waals surface area contributed by atoms with Gasteiger partial charge in [0, 0.05) is 56.2 Å². The normalized spacial score (nSPS) is 11.1. The third kappa shape index (κ3) is 4.02. The predicted molar refractivity (Wildman–Crippen MR) is 111 cm³/mol. The highest BCUT2D eigenvalue weighted by Crippen LogP contribution is 2.36. The van der Waals surface area contributed by atoms with Gasteiger partial charge in [-0.2, -0.15) is 0 Å². The Balaban J connectivity index is 2.11. The lowest BCUT2D eigenvalue weighted by Gasteiger charge is -2.19. The fraction of sp³-hybridized carbons (Fsp3) is 0.400. The summed E-state index contributed by atoms with van der Waals surface area (Å²) >= 11 is 0. The van der Waals surface area contributed by atoms with Gasteiger partial charge in [0.05, 0.1) is 25.8 Å². The fourth-order valence-electron chi connectivity index (χ4n) is 2.97. The van der Waals surface area contributed by atoms with E-state index in [-0.39, 0.29) is 0 Å². The van der Waals surface area contributed by atoms with E-state index in [2.05, 4.69) is 9.97 Å². The minimum atomic E-state index is 0.428. The molecular weight excluding hydrogens is 360 g/mol. The molecule has 0 aliphatic rings. The molecule has 1 aromatic carbocycles. The Morgan fingerprint density at radius 3 is 2.43 bits per heavy atom. The minimum Gasteiger partial charge on any atom is -0.493 e. The molecular formula is C20H26N4O4. The van der Waals surface area contributed by atoms with E-state index in [9.17, 15) is 0 Å². The Morgan fingerprint density at radius 2 is 1.71 bits per heavy atom. The molecule has 2 N–H and O–H groups in total. The Kier molecular flexibility index (Phi) is 6.33. The van der Waals surface area contributed by atoms with Gasteiger partial charge >= 0.3 is 0 Å². The molecule has 0 saturated heterocycles. The van der Waals surface area contributed by atoms with Crippen molar-refractivity contribution in [3.63, 3.8) is 0 Å². The van der Waals surface area contributed by atoms with Crippen molar-refractivity contribution in [3.8, 4) is 11.5 Å². The zero-order chi connectivity index (χ0) is 20.1. The van der Waals surface area contributed by atoms with Crippen LogP contribution in [0.4, 0.5) is 11.6 Å². The van der Waals surface area contributed by atoms with Gasteiger partial charge in [0.2, 0.25) is 0 Å². The van der Waals surface area contributed by atoms with E-state index in [0.717, 1.165) is 27.5 Å². The first kappa shape index (κ1) is 19.9. The summed E-state index contributed by atoms with van der Waals surface area (Å²) in [5.41, 5.74) is 7.01. The lowest BCUT2D eigenvalue weighted by Crippen LogP contribution is -2.23. The molecule has 0 atom stereocenters. The molecule has 2 heterocycles. The van der Waals surface area contributed by atoms with E-state index >= 15 is 0 Å². The van der Waals surface area contributed by atoms with E-state index in [4.69, 9.17) is 24.7 Å². The van der Waals surface area contributed by atoms with E-state index in [1.807, 2.05) is 30.1 Å². The van der Waals surface area contributed by atoms with Crippen LogP contribution in [-0.4, -0.2) is 64.7 Å². The molecule has 0 aliphatic carbocycles. The van der Waals surface area contributed by atoms with Gasteiger partial charge in [0.1, 0.15) is 18.2 Å². The maximum Gasteiger partial charge on any atom is 0.163 e. The molecule has 0 spiro atoms. The Morgan fingerprint density at radius 1 is 0.929 bits per heavy atom. The van der Waals surface area contributed by atoms with Crippen LogP contribution in [0.5, 0.6) is 11.5 Å². The van der Waals surface area contributed by atoms with E-state index < -0.39 is 0 Å². The van der Waals surface area contributed by atoms with Gasteiger partial charge in [0.15, 0.2) is 11.5 Å². The number of fused-ring (bicyclic) bond motifs is 3. The number of nitrogens with zero attached hydrogens (tertiary/aromatic N) is 3. The molecule has 8 heteroatoms. The topological polar surface area (TPSA) is 92.0 Å². The summed E-state index contributed by atoms with van der Waals surface area (Å²) in [6, 6.07) is 5.80. The van der Waals surface area contributed by atoms with Gasteiger partial charge in [-0.05, 0) is 12.1 Å². The maximum absolute atomic E-state index is 6.22. The largest absolute Gasteiger partial charge is 0.493 e. The molecule has 8 nitrogen and oxygen atoms in total. The molecule has 0 fully saturated rings. The zero-order valence-electron chi connectivity index (χ0n) is 16.7. The Hall–Kier alpha value is -2.84. The van der Waals surface area contributed by atoms with Crippen LogP contribution in [0, 0.1) is 0 Å². The minimum absolute atomic E-state index is 0.428. The van der Waals surface area contributed by atoms with Crippen molar-refractivity contribution >= 4 is 33.3 Å². The quantitative estimate of drug-likeness (QED) is 0.443. The van der Waals surface area contributed by atoms with Gasteiger partial charge in [0.25, 0.3) is 0 Å². The Bertz CT molecular complexity index is 964. The molecule has 0 aliphatic heterocycles. The first-order valence-corrected chi connectivity index (χ1v) is 8.97. The summed E-state index contributed by atoms with van der Waals surface area (Å²) in [5, 5.41) is 2.67. The number of hydrogen-bond donors (Lipinski definition) is 1. The number of pyridine rings is 2. The highest BCUT2D eigenvalue weighted by atomic mass is 16.5. The summed E-state index contributed by atoms with van der Waals surface area (Å²) in [4.78, 5) is 11.1. The number of aromatic nitrogens is 2. The molecule has 0 saturated carbocycles. The average molecular weight is 386 g/mol. The summed E-state index contributed by atoms with van der Waals surface area (Å²) < 4.78 is 21.5. The first-order chi connectivity index (χ1) is 13.6. The van der Waals surface area contributed by atoms with Gasteiger partial charge < -0.3 is 29.6 Å². The molecule has 0 bridgehead atoms. The molecule has 0 radical (unpaired) electrons. The van der Waals surface area contributed by atoms with Crippen molar-refractivity contribution in [2.75, 3.05) is 65.4 Å². The lowest BCUT2D eigenvalue weighted by molar-refractivity contribution is 0.144. The summed E-state index contributed by atoms with van der Waals surface area (Å²) in [5.74, 6) is 2.46. The highest BCUT2D eigenvalue weighted by molar-refractivity contribution is 6.10. The van der Waals surface area contributed by atoms with Crippen LogP contribution in [-0.2, 0) is 9.47 Å². The average Bonchev–Trinajstić information content (AvgIpc) is 2.71. The van der Waals surface area contributed by atoms with Gasteiger partial charge in [-0.3, -0.25) is 4.98 Å². The summed E-state index contributed by atoms with van der Waals surface area (Å²) in [6.45, 7) is 2.23. The molecule has 0 unspecified atom stereocenters. The van der Waals surface area contributed by atoms with Gasteiger partial charge in [-0.25, -0.2) is 4.98 Å². The SMILES string of the molecule is COCCOc1cc2ncc3c(N)nc(N(C)CCOC)cc3c2cc1OC. The van der Waals surface area contributed by atoms with Crippen LogP contribution in [0.15, 0.2) is 24.4 Å². The van der Waals surface area contributed by atoms with Crippen molar-refractivity contribution in [1.82, 2.24) is 9.97 Å². The molecule has 0 amide bonds. The van der Waals surface area contributed by atoms with Crippen LogP contribution in [0.3, 0.4) is 0 Å². The number of rotatable bonds is 9. The van der Waals surface area contributed by atoms with Crippen LogP contribution in [0.1, 0.15) is 0 Å². The molecule has 150 valence electrons. The summed E-state index contributed by atoms with van der Waals surface area (Å²) in [6.07, 6.45) is 1.74. The van der Waals surface area contributed by atoms with Crippen LogP contribution < -0.4 is 20.1 Å². The van der Waals surface area contributed by atoms with E-state index in [0.29, 0.717) is 43.7 Å². The van der Waals surface area contributed by atoms with Crippen LogP contribution in [0.25, 0.3) is 21.7 Å². The molecule has 3 aromatic rings. The number of nitrogens with two attached hydrogens (primary N) is 1. The van der Waals surface area contributed by atoms with Crippen LogP contribution in [0.2, 0.25) is 0 Å². The third-order valence-corrected chi connectivity index (χ3v) is 4.55. The third-order valence-electron chi connectivity index (χ3n) is 4.55. The monoisotopic (exact) mass is 386 g/mol. The molecule has 2 aromatic heterocycles. The van der Waals surface area contributed by atoms with Crippen molar-refractivity contribution in [2.45, 2.75) is 0 Å². The maximum atomic E-state index is 6.22. The fourth-order valence-corrected chi connectivity index (χ4v) is 2.97. The number of likely N-dealkylation sites (N-methyl/N-ethyl adjacent to an activating group) is 1. The first-order valence-electron chi connectivity index (χ1n) is 8.97. The zero-order valence-corrected chi connectivity index (χ0v) is 16.7. The number of hydrogen-bond acceptors (Lipinski definition) is 8. The lowest BCUT2D eigenvalue weighted by atomic mass is 10.1.